The molecule has 1 aromatic carbocycles. The second-order valence-corrected chi connectivity index (χ2v) is 9.51. The maximum Gasteiger partial charge on any atom is 0.243 e. The Balaban J connectivity index is 2.18. The number of benzene rings is 1. The van der Waals surface area contributed by atoms with E-state index < -0.39 is 10.0 Å². The van der Waals surface area contributed by atoms with Crippen LogP contribution in [0.2, 0.25) is 0 Å². The van der Waals surface area contributed by atoms with Crippen LogP contribution in [0.25, 0.3) is 0 Å². The summed E-state index contributed by atoms with van der Waals surface area (Å²) < 4.78 is 27.0. The van der Waals surface area contributed by atoms with E-state index in [1.807, 2.05) is 26.8 Å². The molecule has 1 aromatic rings. The molecule has 6 nitrogen and oxygen atoms in total. The fourth-order valence-electron chi connectivity index (χ4n) is 3.52. The van der Waals surface area contributed by atoms with Crippen LogP contribution < -0.4 is 10.7 Å². The maximum absolute atomic E-state index is 12.8. The summed E-state index contributed by atoms with van der Waals surface area (Å²) >= 11 is 5.49. The van der Waals surface area contributed by atoms with E-state index in [4.69, 9.17) is 12.2 Å². The van der Waals surface area contributed by atoms with E-state index in [2.05, 4.69) is 29.6 Å². The molecule has 1 heterocycles. The first-order chi connectivity index (χ1) is 12.7. The van der Waals surface area contributed by atoms with Gasteiger partial charge in [-0.05, 0) is 63.5 Å². The number of aryl methyl sites for hydroxylation is 1. The Kier molecular flexibility index (Phi) is 7.62. The molecule has 0 aromatic heterocycles. The van der Waals surface area contributed by atoms with E-state index in [1.54, 1.807) is 12.1 Å². The highest BCUT2D eigenvalue weighted by atomic mass is 32.2. The number of hydrogen-bond donors (Lipinski definition) is 2. The number of anilines is 1. The maximum atomic E-state index is 12.8. The number of rotatable bonds is 6. The Bertz CT molecular complexity index is 753. The largest absolute Gasteiger partial charge is 0.331 e. The van der Waals surface area contributed by atoms with E-state index in [1.165, 1.54) is 10.7 Å². The minimum Gasteiger partial charge on any atom is -0.331 e. The van der Waals surface area contributed by atoms with Crippen LogP contribution in [-0.2, 0) is 10.0 Å². The lowest BCUT2D eigenvalue weighted by atomic mass is 10.00. The molecule has 0 bridgehead atoms. The lowest BCUT2D eigenvalue weighted by molar-refractivity contribution is 0.0750. The summed E-state index contributed by atoms with van der Waals surface area (Å²) in [6.07, 6.45) is 3.50. The zero-order chi connectivity index (χ0) is 20.2. The highest BCUT2D eigenvalue weighted by Gasteiger charge is 2.26. The van der Waals surface area contributed by atoms with Gasteiger partial charge in [0.25, 0.3) is 0 Å². The van der Waals surface area contributed by atoms with Crippen molar-refractivity contribution in [3.63, 3.8) is 0 Å². The first-order valence-corrected chi connectivity index (χ1v) is 11.5. The van der Waals surface area contributed by atoms with Gasteiger partial charge in [-0.15, -0.1) is 0 Å². The van der Waals surface area contributed by atoms with Gasteiger partial charge in [-0.2, -0.15) is 4.31 Å². The second kappa shape index (κ2) is 9.32. The van der Waals surface area contributed by atoms with Gasteiger partial charge < -0.3 is 5.32 Å². The van der Waals surface area contributed by atoms with E-state index >= 15 is 0 Å². The summed E-state index contributed by atoms with van der Waals surface area (Å²) in [5.74, 6) is 0. The normalized spacial score (nSPS) is 21.3. The summed E-state index contributed by atoms with van der Waals surface area (Å²) in [7, 11) is -3.50. The minimum absolute atomic E-state index is 0.279. The fourth-order valence-corrected chi connectivity index (χ4v) is 5.22. The highest BCUT2D eigenvalue weighted by Crippen LogP contribution is 2.24. The first-order valence-electron chi connectivity index (χ1n) is 9.67. The van der Waals surface area contributed by atoms with Crippen LogP contribution in [0, 0.1) is 6.92 Å². The smallest absolute Gasteiger partial charge is 0.243 e. The Morgan fingerprint density at radius 2 is 1.81 bits per heavy atom. The van der Waals surface area contributed by atoms with Crippen LogP contribution in [0.1, 0.15) is 52.5 Å². The molecule has 2 unspecified atom stereocenters. The van der Waals surface area contributed by atoms with Crippen molar-refractivity contribution in [2.45, 2.75) is 70.9 Å². The molecule has 2 rings (SSSR count). The van der Waals surface area contributed by atoms with Crippen molar-refractivity contribution >= 4 is 33.0 Å². The molecule has 1 saturated heterocycles. The van der Waals surface area contributed by atoms with Gasteiger partial charge >= 0.3 is 0 Å². The molecule has 0 saturated carbocycles. The standard InChI is InChI=1S/C19H32N4O2S2/c1-6-22(7-2)27(24,25)17-12-11-14(3)18(13-17)20-19(26)21-23-15(4)9-8-10-16(23)5/h11-13,15-16H,6-10H2,1-5H3,(H2,20,21,26). The van der Waals surface area contributed by atoms with Crippen molar-refractivity contribution in [1.29, 1.82) is 0 Å². The average molecular weight is 413 g/mol. The van der Waals surface area contributed by atoms with Gasteiger partial charge in [0.2, 0.25) is 10.0 Å². The molecule has 0 aliphatic carbocycles. The number of sulfonamides is 1. The summed E-state index contributed by atoms with van der Waals surface area (Å²) in [5.41, 5.74) is 4.94. The predicted octanol–water partition coefficient (Wildman–Crippen LogP) is 3.49. The van der Waals surface area contributed by atoms with Crippen LogP contribution in [-0.4, -0.2) is 48.0 Å². The molecule has 27 heavy (non-hydrogen) atoms. The lowest BCUT2D eigenvalue weighted by Crippen LogP contribution is -2.55. The topological polar surface area (TPSA) is 64.7 Å². The SMILES string of the molecule is CCN(CC)S(=O)(=O)c1ccc(C)c(NC(=S)NN2C(C)CCCC2C)c1. The Labute approximate surface area is 169 Å². The van der Waals surface area contributed by atoms with E-state index in [0.29, 0.717) is 36.0 Å². The zero-order valence-electron chi connectivity index (χ0n) is 16.9. The van der Waals surface area contributed by atoms with Crippen LogP contribution in [0.15, 0.2) is 23.1 Å². The summed E-state index contributed by atoms with van der Waals surface area (Å²) in [6, 6.07) is 5.94. The minimum atomic E-state index is -3.50. The summed E-state index contributed by atoms with van der Waals surface area (Å²) in [4.78, 5) is 0.279. The van der Waals surface area contributed by atoms with Gasteiger partial charge in [0.15, 0.2) is 5.11 Å². The molecule has 1 aliphatic rings. The molecule has 1 fully saturated rings. The summed E-state index contributed by atoms with van der Waals surface area (Å²) in [5, 5.41) is 5.85. The third-order valence-electron chi connectivity index (χ3n) is 5.22. The van der Waals surface area contributed by atoms with E-state index in [0.717, 1.165) is 18.4 Å². The molecular weight excluding hydrogens is 380 g/mol. The molecule has 8 heteroatoms. The lowest BCUT2D eigenvalue weighted by Gasteiger charge is -2.39. The third kappa shape index (κ3) is 5.19. The van der Waals surface area contributed by atoms with Crippen molar-refractivity contribution in [1.82, 2.24) is 14.7 Å². The zero-order valence-corrected chi connectivity index (χ0v) is 18.6. The van der Waals surface area contributed by atoms with Gasteiger partial charge in [-0.1, -0.05) is 26.3 Å². The van der Waals surface area contributed by atoms with Crippen LogP contribution in [0.3, 0.4) is 0 Å². The van der Waals surface area contributed by atoms with Crippen LogP contribution in [0.5, 0.6) is 0 Å². The van der Waals surface area contributed by atoms with Gasteiger partial charge in [0.1, 0.15) is 0 Å². The summed E-state index contributed by atoms with van der Waals surface area (Å²) in [6.45, 7) is 10.9. The van der Waals surface area contributed by atoms with Crippen LogP contribution in [0.4, 0.5) is 5.69 Å². The van der Waals surface area contributed by atoms with Gasteiger partial charge in [-0.25, -0.2) is 13.4 Å². The molecular formula is C19H32N4O2S2. The monoisotopic (exact) mass is 412 g/mol. The van der Waals surface area contributed by atoms with E-state index in [-0.39, 0.29) is 4.90 Å². The van der Waals surface area contributed by atoms with Crippen molar-refractivity contribution in [2.24, 2.45) is 0 Å². The molecule has 0 radical (unpaired) electrons. The second-order valence-electron chi connectivity index (χ2n) is 7.17. The quantitative estimate of drug-likeness (QED) is 0.698. The number of piperidine rings is 1. The number of thiocarbonyl (C=S) groups is 1. The van der Waals surface area contributed by atoms with Crippen molar-refractivity contribution in [3.05, 3.63) is 23.8 Å². The van der Waals surface area contributed by atoms with Crippen molar-refractivity contribution in [2.75, 3.05) is 18.4 Å². The average Bonchev–Trinajstić information content (AvgIpc) is 2.61. The molecule has 1 aliphatic heterocycles. The van der Waals surface area contributed by atoms with E-state index in [9.17, 15) is 8.42 Å². The molecule has 2 atom stereocenters. The Morgan fingerprint density at radius 1 is 1.22 bits per heavy atom. The first kappa shape index (κ1) is 22.1. The van der Waals surface area contributed by atoms with Crippen molar-refractivity contribution < 1.29 is 8.42 Å². The fraction of sp³-hybridized carbons (Fsp3) is 0.632. The van der Waals surface area contributed by atoms with Gasteiger partial charge in [0.05, 0.1) is 4.90 Å². The third-order valence-corrected chi connectivity index (χ3v) is 7.46. The molecule has 152 valence electrons. The van der Waals surface area contributed by atoms with Crippen molar-refractivity contribution in [3.8, 4) is 0 Å². The Morgan fingerprint density at radius 3 is 2.37 bits per heavy atom. The number of nitrogens with one attached hydrogen (secondary N) is 2. The predicted molar refractivity (Wildman–Crippen MR) is 115 cm³/mol. The molecule has 2 N–H and O–H groups in total. The number of hydrogen-bond acceptors (Lipinski definition) is 4. The van der Waals surface area contributed by atoms with Gasteiger partial charge in [0, 0.05) is 30.9 Å². The van der Waals surface area contributed by atoms with Gasteiger partial charge in [-0.3, -0.25) is 5.43 Å². The number of hydrazine groups is 1. The highest BCUT2D eigenvalue weighted by molar-refractivity contribution is 7.89. The van der Waals surface area contributed by atoms with Crippen LogP contribution >= 0.6 is 12.2 Å². The Hall–Kier alpha value is -1.22. The molecule has 0 amide bonds. The number of nitrogens with zero attached hydrogens (tertiary/aromatic N) is 2. The molecule has 0 spiro atoms.